The molecule has 0 bridgehead atoms. The van der Waals surface area contributed by atoms with Crippen LogP contribution >= 0.6 is 11.6 Å². The Morgan fingerprint density at radius 1 is 1.10 bits per heavy atom. The lowest BCUT2D eigenvalue weighted by atomic mass is 10.3. The average Bonchev–Trinajstić information content (AvgIpc) is 2.80. The Balaban J connectivity index is 2.22. The highest BCUT2D eigenvalue weighted by atomic mass is 35.5. The maximum atomic E-state index is 12.7. The van der Waals surface area contributed by atoms with Crippen LogP contribution in [0.25, 0.3) is 17.0 Å². The van der Waals surface area contributed by atoms with Gasteiger partial charge < -0.3 is 0 Å². The van der Waals surface area contributed by atoms with Gasteiger partial charge in [0.15, 0.2) is 11.3 Å². The van der Waals surface area contributed by atoms with E-state index in [1.807, 2.05) is 0 Å². The summed E-state index contributed by atoms with van der Waals surface area (Å²) in [6, 6.07) is 4.88. The summed E-state index contributed by atoms with van der Waals surface area (Å²) in [5.41, 5.74) is 0.153. The molecule has 8 heteroatoms. The van der Waals surface area contributed by atoms with Gasteiger partial charge in [-0.3, -0.25) is 4.40 Å². The summed E-state index contributed by atoms with van der Waals surface area (Å²) in [5.74, 6) is 0. The van der Waals surface area contributed by atoms with Gasteiger partial charge >= 0.3 is 6.18 Å². The summed E-state index contributed by atoms with van der Waals surface area (Å²) in [6.45, 7) is 0. The Hall–Kier alpha value is -2.15. The molecule has 0 saturated heterocycles. The topological polar surface area (TPSA) is 43.1 Å². The standard InChI is InChI=1S/C12H6ClF3N4/c13-10-3-1-2-7(19-10)8-4-18-11-5-17-9(6-20(8)11)12(14,15)16/h1-6H. The first-order valence-electron chi connectivity index (χ1n) is 5.48. The van der Waals surface area contributed by atoms with Gasteiger partial charge in [-0.1, -0.05) is 17.7 Å². The van der Waals surface area contributed by atoms with Gasteiger partial charge in [0.2, 0.25) is 0 Å². The second kappa shape index (κ2) is 4.45. The van der Waals surface area contributed by atoms with Gasteiger partial charge in [-0.15, -0.1) is 0 Å². The van der Waals surface area contributed by atoms with Crippen molar-refractivity contribution in [2.75, 3.05) is 0 Å². The summed E-state index contributed by atoms with van der Waals surface area (Å²) < 4.78 is 39.3. The van der Waals surface area contributed by atoms with Crippen LogP contribution in [0.5, 0.6) is 0 Å². The molecule has 0 aliphatic rings. The lowest BCUT2D eigenvalue weighted by molar-refractivity contribution is -0.141. The van der Waals surface area contributed by atoms with Crippen LogP contribution in [0.15, 0.2) is 36.8 Å². The van der Waals surface area contributed by atoms with Crippen molar-refractivity contribution >= 4 is 17.2 Å². The third kappa shape index (κ3) is 2.20. The zero-order chi connectivity index (χ0) is 14.3. The molecule has 0 aliphatic heterocycles. The first-order valence-corrected chi connectivity index (χ1v) is 5.86. The first-order chi connectivity index (χ1) is 9.45. The molecule has 3 aromatic rings. The predicted octanol–water partition coefficient (Wildman–Crippen LogP) is 3.46. The molecule has 0 fully saturated rings. The van der Waals surface area contributed by atoms with Crippen LogP contribution in [0.4, 0.5) is 13.2 Å². The molecule has 0 spiro atoms. The normalized spacial score (nSPS) is 12.0. The summed E-state index contributed by atoms with van der Waals surface area (Å²) >= 11 is 5.78. The highest BCUT2D eigenvalue weighted by Crippen LogP contribution is 2.28. The molecule has 0 radical (unpaired) electrons. The van der Waals surface area contributed by atoms with E-state index in [-0.39, 0.29) is 5.15 Å². The van der Waals surface area contributed by atoms with Gasteiger partial charge in [0.25, 0.3) is 0 Å². The molecule has 3 heterocycles. The Labute approximate surface area is 115 Å². The number of imidazole rings is 1. The molecule has 20 heavy (non-hydrogen) atoms. The van der Waals surface area contributed by atoms with E-state index in [2.05, 4.69) is 15.0 Å². The zero-order valence-corrected chi connectivity index (χ0v) is 10.5. The lowest BCUT2D eigenvalue weighted by Crippen LogP contribution is -2.09. The second-order valence-corrected chi connectivity index (χ2v) is 4.37. The van der Waals surface area contributed by atoms with Crippen molar-refractivity contribution in [2.45, 2.75) is 6.18 Å². The maximum absolute atomic E-state index is 12.7. The van der Waals surface area contributed by atoms with Crippen LogP contribution in [-0.4, -0.2) is 19.4 Å². The third-order valence-corrected chi connectivity index (χ3v) is 2.87. The SMILES string of the molecule is FC(F)(F)c1cn2c(-c3cccc(Cl)n3)cnc2cn1. The Kier molecular flexibility index (Phi) is 2.86. The molecule has 0 amide bonds. The smallest absolute Gasteiger partial charge is 0.295 e. The first kappa shape index (κ1) is 12.9. The van der Waals surface area contributed by atoms with E-state index in [0.717, 1.165) is 12.4 Å². The van der Waals surface area contributed by atoms with Crippen LogP contribution in [0.3, 0.4) is 0 Å². The Morgan fingerprint density at radius 2 is 1.90 bits per heavy atom. The maximum Gasteiger partial charge on any atom is 0.434 e. The Bertz CT molecular complexity index is 782. The number of hydrogen-bond acceptors (Lipinski definition) is 3. The van der Waals surface area contributed by atoms with Crippen molar-refractivity contribution in [1.29, 1.82) is 0 Å². The molecule has 0 N–H and O–H groups in total. The van der Waals surface area contributed by atoms with E-state index in [0.29, 0.717) is 17.0 Å². The van der Waals surface area contributed by atoms with Crippen molar-refractivity contribution in [3.63, 3.8) is 0 Å². The molecule has 4 nitrogen and oxygen atoms in total. The van der Waals surface area contributed by atoms with E-state index >= 15 is 0 Å². The molecule has 0 unspecified atom stereocenters. The van der Waals surface area contributed by atoms with Gasteiger partial charge in [0.1, 0.15) is 5.15 Å². The molecule has 0 aliphatic carbocycles. The summed E-state index contributed by atoms with van der Waals surface area (Å²) in [6.07, 6.45) is -1.13. The predicted molar refractivity (Wildman–Crippen MR) is 66.2 cm³/mol. The highest BCUT2D eigenvalue weighted by molar-refractivity contribution is 6.29. The van der Waals surface area contributed by atoms with Crippen LogP contribution in [-0.2, 0) is 6.18 Å². The lowest BCUT2D eigenvalue weighted by Gasteiger charge is -2.07. The molecule has 102 valence electrons. The molecule has 3 aromatic heterocycles. The molecule has 0 atom stereocenters. The minimum atomic E-state index is -4.52. The largest absolute Gasteiger partial charge is 0.434 e. The highest BCUT2D eigenvalue weighted by Gasteiger charge is 2.33. The fraction of sp³-hybridized carbons (Fsp3) is 0.0833. The quantitative estimate of drug-likeness (QED) is 0.646. The summed E-state index contributed by atoms with van der Waals surface area (Å²) in [5, 5.41) is 0.252. The minimum Gasteiger partial charge on any atom is -0.295 e. The van der Waals surface area contributed by atoms with Gasteiger partial charge in [0.05, 0.1) is 23.8 Å². The molecule has 0 saturated carbocycles. The van der Waals surface area contributed by atoms with Crippen molar-refractivity contribution in [1.82, 2.24) is 19.4 Å². The van der Waals surface area contributed by atoms with E-state index in [1.165, 1.54) is 10.6 Å². The zero-order valence-electron chi connectivity index (χ0n) is 9.76. The minimum absolute atomic E-state index is 0.252. The molecule has 0 aromatic carbocycles. The van der Waals surface area contributed by atoms with Crippen LogP contribution in [0.1, 0.15) is 5.69 Å². The molecular weight excluding hydrogens is 293 g/mol. The number of aromatic nitrogens is 4. The van der Waals surface area contributed by atoms with E-state index in [9.17, 15) is 13.2 Å². The monoisotopic (exact) mass is 298 g/mol. The number of nitrogens with zero attached hydrogens (tertiary/aromatic N) is 4. The van der Waals surface area contributed by atoms with E-state index in [4.69, 9.17) is 11.6 Å². The van der Waals surface area contributed by atoms with Crippen molar-refractivity contribution in [3.8, 4) is 11.4 Å². The average molecular weight is 299 g/mol. The number of hydrogen-bond donors (Lipinski definition) is 0. The van der Waals surface area contributed by atoms with Crippen LogP contribution < -0.4 is 0 Å². The van der Waals surface area contributed by atoms with Gasteiger partial charge in [-0.25, -0.2) is 15.0 Å². The van der Waals surface area contributed by atoms with Crippen molar-refractivity contribution in [2.24, 2.45) is 0 Å². The molecule has 3 rings (SSSR count). The number of pyridine rings is 1. The molecular formula is C12H6ClF3N4. The number of alkyl halides is 3. The van der Waals surface area contributed by atoms with Gasteiger partial charge in [-0.2, -0.15) is 13.2 Å². The number of fused-ring (bicyclic) bond motifs is 1. The third-order valence-electron chi connectivity index (χ3n) is 2.66. The van der Waals surface area contributed by atoms with E-state index in [1.54, 1.807) is 18.2 Å². The van der Waals surface area contributed by atoms with Crippen molar-refractivity contribution < 1.29 is 13.2 Å². The van der Waals surface area contributed by atoms with Gasteiger partial charge in [-0.05, 0) is 12.1 Å². The van der Waals surface area contributed by atoms with Gasteiger partial charge in [0, 0.05) is 6.20 Å². The second-order valence-electron chi connectivity index (χ2n) is 3.99. The van der Waals surface area contributed by atoms with E-state index < -0.39 is 11.9 Å². The van der Waals surface area contributed by atoms with Crippen LogP contribution in [0, 0.1) is 0 Å². The number of halogens is 4. The summed E-state index contributed by atoms with van der Waals surface area (Å²) in [4.78, 5) is 11.4. The fourth-order valence-corrected chi connectivity index (χ4v) is 1.94. The van der Waals surface area contributed by atoms with Crippen LogP contribution in [0.2, 0.25) is 5.15 Å². The van der Waals surface area contributed by atoms with Crippen molar-refractivity contribution in [3.05, 3.63) is 47.6 Å². The fourth-order valence-electron chi connectivity index (χ4n) is 1.78. The summed E-state index contributed by atoms with van der Waals surface area (Å²) in [7, 11) is 0. The number of rotatable bonds is 1. The Morgan fingerprint density at radius 3 is 2.60 bits per heavy atom.